The van der Waals surface area contributed by atoms with Crippen molar-refractivity contribution < 1.29 is 9.90 Å². The lowest BCUT2D eigenvalue weighted by molar-refractivity contribution is -0.125. The van der Waals surface area contributed by atoms with E-state index in [-0.39, 0.29) is 17.9 Å². The van der Waals surface area contributed by atoms with Crippen molar-refractivity contribution in [3.8, 4) is 0 Å². The van der Waals surface area contributed by atoms with Crippen molar-refractivity contribution in [2.75, 3.05) is 0 Å². The normalized spacial score (nSPS) is 27.2. The molecule has 1 aromatic heterocycles. The van der Waals surface area contributed by atoms with Gasteiger partial charge in [0.2, 0.25) is 5.91 Å². The zero-order valence-corrected chi connectivity index (χ0v) is 10.5. The Morgan fingerprint density at radius 1 is 1.61 bits per heavy atom. The molecule has 3 atom stereocenters. The van der Waals surface area contributed by atoms with Crippen LogP contribution in [-0.4, -0.2) is 28.1 Å². The Balaban J connectivity index is 1.88. The van der Waals surface area contributed by atoms with E-state index in [9.17, 15) is 9.90 Å². The van der Waals surface area contributed by atoms with Crippen LogP contribution in [0.3, 0.4) is 0 Å². The first-order valence-electron chi connectivity index (χ1n) is 6.19. The summed E-state index contributed by atoms with van der Waals surface area (Å²) < 4.78 is 0. The van der Waals surface area contributed by atoms with E-state index in [2.05, 4.69) is 10.3 Å². The quantitative estimate of drug-likeness (QED) is 0.709. The molecule has 1 aliphatic carbocycles. The van der Waals surface area contributed by atoms with Crippen molar-refractivity contribution in [2.45, 2.75) is 38.5 Å². The molecule has 0 spiro atoms. The number of pyridine rings is 1. The Kier molecular flexibility index (Phi) is 3.93. The maximum absolute atomic E-state index is 11.9. The molecule has 0 radical (unpaired) electrons. The van der Waals surface area contributed by atoms with E-state index in [0.717, 1.165) is 11.3 Å². The van der Waals surface area contributed by atoms with E-state index in [4.69, 9.17) is 5.73 Å². The van der Waals surface area contributed by atoms with E-state index < -0.39 is 6.10 Å². The molecule has 0 unspecified atom stereocenters. The zero-order chi connectivity index (χ0) is 13.1. The Labute approximate surface area is 106 Å². The molecule has 1 aromatic rings. The number of nitrogens with two attached hydrogens (primary N) is 1. The highest BCUT2D eigenvalue weighted by Gasteiger charge is 2.34. The van der Waals surface area contributed by atoms with Crippen LogP contribution in [0, 0.1) is 12.8 Å². The summed E-state index contributed by atoms with van der Waals surface area (Å²) in [5.74, 6) is -0.230. The topological polar surface area (TPSA) is 88.2 Å². The summed E-state index contributed by atoms with van der Waals surface area (Å²) >= 11 is 0. The summed E-state index contributed by atoms with van der Waals surface area (Å²) in [4.78, 5) is 16.1. The van der Waals surface area contributed by atoms with Gasteiger partial charge in [-0.05, 0) is 31.4 Å². The number of aromatic nitrogens is 1. The zero-order valence-electron chi connectivity index (χ0n) is 10.5. The number of aliphatic hydroxyl groups excluding tert-OH is 1. The van der Waals surface area contributed by atoms with Crippen LogP contribution in [0.15, 0.2) is 18.3 Å². The fourth-order valence-electron chi connectivity index (χ4n) is 2.28. The lowest BCUT2D eigenvalue weighted by Gasteiger charge is -2.11. The van der Waals surface area contributed by atoms with Gasteiger partial charge in [-0.2, -0.15) is 0 Å². The summed E-state index contributed by atoms with van der Waals surface area (Å²) in [5.41, 5.74) is 7.62. The average molecular weight is 249 g/mol. The summed E-state index contributed by atoms with van der Waals surface area (Å²) in [6, 6.07) is 3.55. The van der Waals surface area contributed by atoms with E-state index in [1.54, 1.807) is 6.20 Å². The third-order valence-electron chi connectivity index (χ3n) is 3.50. The Bertz CT molecular complexity index is 426. The van der Waals surface area contributed by atoms with Crippen LogP contribution >= 0.6 is 0 Å². The number of nitrogens with one attached hydrogen (secondary N) is 1. The molecule has 2 rings (SSSR count). The maximum atomic E-state index is 11.9. The average Bonchev–Trinajstić information content (AvgIpc) is 2.68. The molecular formula is C13H19N3O2. The Hall–Kier alpha value is -1.46. The second kappa shape index (κ2) is 5.46. The van der Waals surface area contributed by atoms with E-state index in [1.165, 1.54) is 0 Å². The molecule has 4 N–H and O–H groups in total. The molecule has 98 valence electrons. The fourth-order valence-corrected chi connectivity index (χ4v) is 2.28. The van der Waals surface area contributed by atoms with Crippen LogP contribution in [0.1, 0.15) is 24.1 Å². The SMILES string of the molecule is Cc1cccnc1CNC(=O)[C@H]1C[C@H](N)[C@@H](O)C1. The van der Waals surface area contributed by atoms with Crippen molar-refractivity contribution in [3.05, 3.63) is 29.6 Å². The van der Waals surface area contributed by atoms with Gasteiger partial charge in [-0.25, -0.2) is 0 Å². The van der Waals surface area contributed by atoms with Gasteiger partial charge in [-0.15, -0.1) is 0 Å². The molecule has 18 heavy (non-hydrogen) atoms. The minimum absolute atomic E-state index is 0.0490. The number of amides is 1. The summed E-state index contributed by atoms with van der Waals surface area (Å²) in [6.45, 7) is 2.39. The lowest BCUT2D eigenvalue weighted by Crippen LogP contribution is -2.30. The molecule has 0 aromatic carbocycles. The van der Waals surface area contributed by atoms with Crippen LogP contribution < -0.4 is 11.1 Å². The number of aliphatic hydroxyl groups is 1. The number of hydrogen-bond donors (Lipinski definition) is 3. The molecule has 0 aliphatic heterocycles. The second-order valence-electron chi connectivity index (χ2n) is 4.88. The minimum Gasteiger partial charge on any atom is -0.391 e. The minimum atomic E-state index is -0.558. The smallest absolute Gasteiger partial charge is 0.223 e. The Morgan fingerprint density at radius 3 is 3.00 bits per heavy atom. The molecule has 1 saturated carbocycles. The lowest BCUT2D eigenvalue weighted by atomic mass is 10.1. The molecule has 1 aliphatic rings. The molecule has 1 heterocycles. The van der Waals surface area contributed by atoms with Crippen molar-refractivity contribution in [2.24, 2.45) is 11.7 Å². The number of carbonyl (C=O) groups excluding carboxylic acids is 1. The van der Waals surface area contributed by atoms with Gasteiger partial charge in [-0.1, -0.05) is 6.07 Å². The number of nitrogens with zero attached hydrogens (tertiary/aromatic N) is 1. The highest BCUT2D eigenvalue weighted by molar-refractivity contribution is 5.79. The third kappa shape index (κ3) is 2.86. The standard InChI is InChI=1S/C13H19N3O2/c1-8-3-2-4-15-11(8)7-16-13(18)9-5-10(14)12(17)6-9/h2-4,9-10,12,17H,5-7,14H2,1H3,(H,16,18)/t9-,10-,12-/m0/s1. The molecule has 1 amide bonds. The molecule has 0 bridgehead atoms. The van der Waals surface area contributed by atoms with E-state index in [1.807, 2.05) is 19.1 Å². The van der Waals surface area contributed by atoms with Gasteiger partial charge in [0.05, 0.1) is 18.3 Å². The van der Waals surface area contributed by atoms with Gasteiger partial charge in [0, 0.05) is 18.2 Å². The highest BCUT2D eigenvalue weighted by atomic mass is 16.3. The molecule has 0 saturated heterocycles. The highest BCUT2D eigenvalue weighted by Crippen LogP contribution is 2.24. The fraction of sp³-hybridized carbons (Fsp3) is 0.538. The molecule has 1 fully saturated rings. The second-order valence-corrected chi connectivity index (χ2v) is 4.88. The summed E-state index contributed by atoms with van der Waals surface area (Å²) in [5, 5.41) is 12.4. The first-order valence-corrected chi connectivity index (χ1v) is 6.19. The largest absolute Gasteiger partial charge is 0.391 e. The number of hydrogen-bond acceptors (Lipinski definition) is 4. The van der Waals surface area contributed by atoms with Gasteiger partial charge < -0.3 is 16.2 Å². The van der Waals surface area contributed by atoms with Crippen LogP contribution in [-0.2, 0) is 11.3 Å². The number of carbonyl (C=O) groups is 1. The van der Waals surface area contributed by atoms with Crippen LogP contribution in [0.2, 0.25) is 0 Å². The van der Waals surface area contributed by atoms with Gasteiger partial charge in [0.25, 0.3) is 0 Å². The van der Waals surface area contributed by atoms with Crippen molar-refractivity contribution in [1.29, 1.82) is 0 Å². The van der Waals surface area contributed by atoms with Crippen LogP contribution in [0.25, 0.3) is 0 Å². The van der Waals surface area contributed by atoms with Gasteiger partial charge in [0.1, 0.15) is 0 Å². The summed E-state index contributed by atoms with van der Waals surface area (Å²) in [7, 11) is 0. The van der Waals surface area contributed by atoms with Crippen molar-refractivity contribution in [3.63, 3.8) is 0 Å². The Morgan fingerprint density at radius 2 is 2.39 bits per heavy atom. The predicted octanol–water partition coefficient (Wildman–Crippen LogP) is 0.104. The number of aryl methyl sites for hydroxylation is 1. The number of rotatable bonds is 3. The summed E-state index contributed by atoms with van der Waals surface area (Å²) in [6.07, 6.45) is 2.16. The first-order chi connectivity index (χ1) is 8.58. The van der Waals surface area contributed by atoms with Crippen LogP contribution in [0.5, 0.6) is 0 Å². The van der Waals surface area contributed by atoms with Gasteiger partial charge >= 0.3 is 0 Å². The van der Waals surface area contributed by atoms with E-state index in [0.29, 0.717) is 19.4 Å². The van der Waals surface area contributed by atoms with Gasteiger partial charge in [-0.3, -0.25) is 9.78 Å². The van der Waals surface area contributed by atoms with Crippen molar-refractivity contribution in [1.82, 2.24) is 10.3 Å². The molecule has 5 heteroatoms. The first kappa shape index (κ1) is 13.0. The van der Waals surface area contributed by atoms with E-state index >= 15 is 0 Å². The molecule has 5 nitrogen and oxygen atoms in total. The van der Waals surface area contributed by atoms with Crippen LogP contribution in [0.4, 0.5) is 0 Å². The monoisotopic (exact) mass is 249 g/mol. The van der Waals surface area contributed by atoms with Gasteiger partial charge in [0.15, 0.2) is 0 Å². The maximum Gasteiger partial charge on any atom is 0.223 e. The van der Waals surface area contributed by atoms with Crippen molar-refractivity contribution >= 4 is 5.91 Å². The third-order valence-corrected chi connectivity index (χ3v) is 3.50. The molecular weight excluding hydrogens is 230 g/mol. The predicted molar refractivity (Wildman–Crippen MR) is 67.5 cm³/mol.